The number of hydrogen-bond acceptors (Lipinski definition) is 6. The van der Waals surface area contributed by atoms with Gasteiger partial charge in [-0.2, -0.15) is 0 Å². The van der Waals surface area contributed by atoms with Crippen molar-refractivity contribution in [3.63, 3.8) is 0 Å². The van der Waals surface area contributed by atoms with Crippen LogP contribution in [0.1, 0.15) is 57.0 Å². The SMILES string of the molecule is CCC(C)COC(=O)c1ccc(OC)c(N)c1.COc1ccc(C(C)(C)C)cc1N. The first-order chi connectivity index (χ1) is 14.0. The van der Waals surface area contributed by atoms with Crippen LogP contribution in [0.2, 0.25) is 0 Å². The van der Waals surface area contributed by atoms with Gasteiger partial charge in [0.2, 0.25) is 0 Å². The highest BCUT2D eigenvalue weighted by atomic mass is 16.5. The third-order valence-corrected chi connectivity index (χ3v) is 4.76. The van der Waals surface area contributed by atoms with E-state index < -0.39 is 0 Å². The lowest BCUT2D eigenvalue weighted by Crippen LogP contribution is -2.12. The Morgan fingerprint density at radius 1 is 0.967 bits per heavy atom. The quantitative estimate of drug-likeness (QED) is 0.505. The highest BCUT2D eigenvalue weighted by Crippen LogP contribution is 2.29. The summed E-state index contributed by atoms with van der Waals surface area (Å²) in [6.07, 6.45) is 0.984. The molecule has 0 heterocycles. The minimum absolute atomic E-state index is 0.139. The van der Waals surface area contributed by atoms with Crippen LogP contribution in [0.4, 0.5) is 11.4 Å². The van der Waals surface area contributed by atoms with Crippen LogP contribution in [-0.4, -0.2) is 26.8 Å². The maximum atomic E-state index is 11.7. The first kappa shape index (κ1) is 25.1. The molecule has 0 saturated heterocycles. The summed E-state index contributed by atoms with van der Waals surface area (Å²) in [5.74, 6) is 1.32. The lowest BCUT2D eigenvalue weighted by molar-refractivity contribution is 0.0447. The van der Waals surface area contributed by atoms with Crippen LogP contribution in [-0.2, 0) is 10.2 Å². The molecular weight excluding hydrogens is 380 g/mol. The average molecular weight is 417 g/mol. The van der Waals surface area contributed by atoms with Crippen molar-refractivity contribution >= 4 is 17.3 Å². The van der Waals surface area contributed by atoms with Crippen molar-refractivity contribution in [1.29, 1.82) is 0 Å². The molecule has 0 bridgehead atoms. The van der Waals surface area contributed by atoms with Crippen LogP contribution < -0.4 is 20.9 Å². The normalized spacial score (nSPS) is 11.7. The van der Waals surface area contributed by atoms with Crippen LogP contribution >= 0.6 is 0 Å². The molecule has 0 aromatic heterocycles. The molecular formula is C24H36N2O4. The fourth-order valence-electron chi connectivity index (χ4n) is 2.48. The Balaban J connectivity index is 0.000000311. The Kier molecular flexibility index (Phi) is 9.50. The first-order valence-corrected chi connectivity index (χ1v) is 10.1. The molecule has 6 heteroatoms. The summed E-state index contributed by atoms with van der Waals surface area (Å²) >= 11 is 0. The molecule has 166 valence electrons. The summed E-state index contributed by atoms with van der Waals surface area (Å²) in [6, 6.07) is 10.8. The van der Waals surface area contributed by atoms with Crippen molar-refractivity contribution in [2.45, 2.75) is 46.5 Å². The molecule has 2 aromatic carbocycles. The van der Waals surface area contributed by atoms with E-state index in [-0.39, 0.29) is 11.4 Å². The maximum Gasteiger partial charge on any atom is 0.338 e. The van der Waals surface area contributed by atoms with Crippen LogP contribution in [0, 0.1) is 5.92 Å². The topological polar surface area (TPSA) is 96.8 Å². The number of ether oxygens (including phenoxy) is 3. The summed E-state index contributed by atoms with van der Waals surface area (Å²) in [5, 5.41) is 0. The molecule has 6 nitrogen and oxygen atoms in total. The Bertz CT molecular complexity index is 828. The van der Waals surface area contributed by atoms with Crippen LogP contribution in [0.15, 0.2) is 36.4 Å². The van der Waals surface area contributed by atoms with Gasteiger partial charge in [0.1, 0.15) is 11.5 Å². The zero-order chi connectivity index (χ0) is 22.9. The zero-order valence-corrected chi connectivity index (χ0v) is 19.2. The first-order valence-electron chi connectivity index (χ1n) is 10.1. The molecule has 0 aliphatic carbocycles. The van der Waals surface area contributed by atoms with E-state index in [0.29, 0.717) is 35.2 Å². The lowest BCUT2D eigenvalue weighted by Gasteiger charge is -2.20. The van der Waals surface area contributed by atoms with Gasteiger partial charge in [0, 0.05) is 0 Å². The lowest BCUT2D eigenvalue weighted by atomic mass is 9.87. The van der Waals surface area contributed by atoms with E-state index in [2.05, 4.69) is 33.8 Å². The maximum absolute atomic E-state index is 11.7. The minimum atomic E-state index is -0.348. The van der Waals surface area contributed by atoms with E-state index in [1.807, 2.05) is 19.1 Å². The minimum Gasteiger partial charge on any atom is -0.495 e. The van der Waals surface area contributed by atoms with Crippen molar-refractivity contribution in [3.8, 4) is 11.5 Å². The number of methoxy groups -OCH3 is 2. The standard InChI is InChI=1S/C13H19NO3.C11H17NO/c1-4-9(2)8-17-13(15)10-5-6-12(16-3)11(14)7-10;1-11(2,3)8-5-6-10(13-4)9(12)7-8/h5-7,9H,4,8,14H2,1-3H3;5-7H,12H2,1-4H3. The number of esters is 1. The van der Waals surface area contributed by atoms with Gasteiger partial charge in [0.15, 0.2) is 0 Å². The molecule has 1 atom stereocenters. The summed E-state index contributed by atoms with van der Waals surface area (Å²) in [4.78, 5) is 11.7. The monoisotopic (exact) mass is 416 g/mol. The largest absolute Gasteiger partial charge is 0.495 e. The van der Waals surface area contributed by atoms with Crippen molar-refractivity contribution in [3.05, 3.63) is 47.5 Å². The second-order valence-corrected chi connectivity index (χ2v) is 8.28. The fourth-order valence-corrected chi connectivity index (χ4v) is 2.48. The number of nitrogens with two attached hydrogens (primary N) is 2. The van der Waals surface area contributed by atoms with Crippen molar-refractivity contribution in [1.82, 2.24) is 0 Å². The average Bonchev–Trinajstić information content (AvgIpc) is 2.71. The fraction of sp³-hybridized carbons (Fsp3) is 0.458. The summed E-state index contributed by atoms with van der Waals surface area (Å²) in [7, 11) is 3.16. The number of hydrogen-bond donors (Lipinski definition) is 2. The Morgan fingerprint density at radius 3 is 1.93 bits per heavy atom. The van der Waals surface area contributed by atoms with Gasteiger partial charge in [-0.05, 0) is 47.2 Å². The van der Waals surface area contributed by atoms with E-state index in [1.54, 1.807) is 25.3 Å². The Morgan fingerprint density at radius 2 is 1.50 bits per heavy atom. The van der Waals surface area contributed by atoms with Crippen molar-refractivity contribution < 1.29 is 19.0 Å². The second kappa shape index (κ2) is 11.3. The zero-order valence-electron chi connectivity index (χ0n) is 19.2. The molecule has 0 spiro atoms. The predicted octanol–water partition coefficient (Wildman–Crippen LogP) is 5.06. The third-order valence-electron chi connectivity index (χ3n) is 4.76. The van der Waals surface area contributed by atoms with E-state index in [9.17, 15) is 4.79 Å². The van der Waals surface area contributed by atoms with Crippen molar-refractivity contribution in [2.24, 2.45) is 5.92 Å². The van der Waals surface area contributed by atoms with Crippen LogP contribution in [0.25, 0.3) is 0 Å². The van der Waals surface area contributed by atoms with E-state index >= 15 is 0 Å². The summed E-state index contributed by atoms with van der Waals surface area (Å²) in [5.41, 5.74) is 14.5. The van der Waals surface area contributed by atoms with E-state index in [4.69, 9.17) is 25.7 Å². The summed E-state index contributed by atoms with van der Waals surface area (Å²) in [6.45, 7) is 11.0. The molecule has 30 heavy (non-hydrogen) atoms. The van der Waals surface area contributed by atoms with Gasteiger partial charge < -0.3 is 25.7 Å². The van der Waals surface area contributed by atoms with Gasteiger partial charge in [-0.3, -0.25) is 0 Å². The van der Waals surface area contributed by atoms with E-state index in [1.165, 1.54) is 12.7 Å². The number of anilines is 2. The second-order valence-electron chi connectivity index (χ2n) is 8.28. The molecule has 0 fully saturated rings. The van der Waals surface area contributed by atoms with Crippen molar-refractivity contribution in [2.75, 3.05) is 32.3 Å². The highest BCUT2D eigenvalue weighted by molar-refractivity contribution is 5.91. The van der Waals surface area contributed by atoms with Gasteiger partial charge in [-0.15, -0.1) is 0 Å². The smallest absolute Gasteiger partial charge is 0.338 e. The predicted molar refractivity (Wildman–Crippen MR) is 123 cm³/mol. The Labute approximate surface area is 180 Å². The number of carbonyl (C=O) groups excluding carboxylic acids is 1. The molecule has 0 aliphatic heterocycles. The molecule has 4 N–H and O–H groups in total. The van der Waals surface area contributed by atoms with Crippen LogP contribution in [0.5, 0.6) is 11.5 Å². The molecule has 2 rings (SSSR count). The molecule has 2 aromatic rings. The molecule has 0 amide bonds. The van der Waals surface area contributed by atoms with Crippen LogP contribution in [0.3, 0.4) is 0 Å². The number of benzene rings is 2. The molecule has 1 unspecified atom stereocenters. The van der Waals surface area contributed by atoms with Gasteiger partial charge in [0.25, 0.3) is 0 Å². The number of nitrogen functional groups attached to an aromatic ring is 2. The number of rotatable bonds is 6. The molecule has 0 saturated carbocycles. The summed E-state index contributed by atoms with van der Waals surface area (Å²) < 4.78 is 15.3. The van der Waals surface area contributed by atoms with Gasteiger partial charge in [-0.25, -0.2) is 4.79 Å². The van der Waals surface area contributed by atoms with Gasteiger partial charge in [0.05, 0.1) is 37.8 Å². The molecule has 0 aliphatic rings. The number of carbonyl (C=O) groups is 1. The highest BCUT2D eigenvalue weighted by Gasteiger charge is 2.14. The van der Waals surface area contributed by atoms with E-state index in [0.717, 1.165) is 12.2 Å². The third kappa shape index (κ3) is 7.50. The van der Waals surface area contributed by atoms with Gasteiger partial charge in [-0.1, -0.05) is 47.1 Å². The molecule has 0 radical (unpaired) electrons. The van der Waals surface area contributed by atoms with Gasteiger partial charge >= 0.3 is 5.97 Å². The Hall–Kier alpha value is -2.89.